The molecule has 1 rings (SSSR count). The van der Waals surface area contributed by atoms with Crippen LogP contribution in [0.5, 0.6) is 5.75 Å². The van der Waals surface area contributed by atoms with Crippen LogP contribution in [0.2, 0.25) is 0 Å². The van der Waals surface area contributed by atoms with E-state index in [-0.39, 0.29) is 5.91 Å². The van der Waals surface area contributed by atoms with Crippen molar-refractivity contribution in [1.82, 2.24) is 5.43 Å². The Morgan fingerprint density at radius 1 is 1.22 bits per heavy atom. The highest BCUT2D eigenvalue weighted by atomic mass is 16.5. The number of amides is 1. The maximum atomic E-state index is 12.1. The number of hydrazone groups is 1. The number of hydrogen-bond acceptors (Lipinski definition) is 3. The van der Waals surface area contributed by atoms with E-state index >= 15 is 0 Å². The molecule has 4 heteroatoms. The summed E-state index contributed by atoms with van der Waals surface area (Å²) in [7, 11) is 0. The van der Waals surface area contributed by atoms with E-state index in [1.165, 1.54) is 0 Å². The van der Waals surface area contributed by atoms with Gasteiger partial charge in [0.1, 0.15) is 5.75 Å². The van der Waals surface area contributed by atoms with Crippen LogP contribution in [0.4, 0.5) is 0 Å². The van der Waals surface area contributed by atoms with E-state index in [0.717, 1.165) is 43.6 Å². The average molecular weight is 318 g/mol. The second-order valence-electron chi connectivity index (χ2n) is 6.13. The lowest BCUT2D eigenvalue weighted by Gasteiger charge is -2.08. The Kier molecular flexibility index (Phi) is 9.03. The lowest BCUT2D eigenvalue weighted by Crippen LogP contribution is -2.19. The Hall–Kier alpha value is -1.84. The third-order valence-electron chi connectivity index (χ3n) is 3.62. The van der Waals surface area contributed by atoms with Crippen molar-refractivity contribution in [2.45, 2.75) is 59.8 Å². The number of benzene rings is 1. The second-order valence-corrected chi connectivity index (χ2v) is 6.13. The van der Waals surface area contributed by atoms with Gasteiger partial charge >= 0.3 is 0 Å². The standard InChI is InChI=1S/C19H30N2O2/c1-5-7-8-17(6-2)20-21-19(22)16-9-11-18(12-10-16)23-14-13-15(3)4/h9-12,15H,5-8,13-14H2,1-4H3,(H,21,22)/b20-17+. The van der Waals surface area contributed by atoms with Gasteiger partial charge in [-0.3, -0.25) is 4.79 Å². The van der Waals surface area contributed by atoms with Crippen molar-refractivity contribution in [2.24, 2.45) is 11.0 Å². The number of rotatable bonds is 10. The van der Waals surface area contributed by atoms with Crippen LogP contribution in [-0.2, 0) is 0 Å². The van der Waals surface area contributed by atoms with Gasteiger partial charge < -0.3 is 4.74 Å². The minimum Gasteiger partial charge on any atom is -0.494 e. The van der Waals surface area contributed by atoms with E-state index in [9.17, 15) is 4.79 Å². The zero-order chi connectivity index (χ0) is 17.1. The largest absolute Gasteiger partial charge is 0.494 e. The zero-order valence-corrected chi connectivity index (χ0v) is 14.9. The van der Waals surface area contributed by atoms with Crippen molar-refractivity contribution >= 4 is 11.6 Å². The van der Waals surface area contributed by atoms with Crippen molar-refractivity contribution in [1.29, 1.82) is 0 Å². The summed E-state index contributed by atoms with van der Waals surface area (Å²) < 4.78 is 5.65. The number of ether oxygens (including phenoxy) is 1. The number of nitrogens with one attached hydrogen (secondary N) is 1. The van der Waals surface area contributed by atoms with Crippen molar-refractivity contribution in [3.05, 3.63) is 29.8 Å². The normalized spacial score (nSPS) is 11.6. The predicted octanol–water partition coefficient (Wildman–Crippen LogP) is 4.80. The van der Waals surface area contributed by atoms with Gasteiger partial charge in [-0.25, -0.2) is 5.43 Å². The Morgan fingerprint density at radius 3 is 2.48 bits per heavy atom. The number of hydrogen-bond donors (Lipinski definition) is 1. The predicted molar refractivity (Wildman–Crippen MR) is 96.1 cm³/mol. The molecular weight excluding hydrogens is 288 g/mol. The molecule has 0 radical (unpaired) electrons. The van der Waals surface area contributed by atoms with E-state index < -0.39 is 0 Å². The summed E-state index contributed by atoms with van der Waals surface area (Å²) in [5.74, 6) is 1.24. The van der Waals surface area contributed by atoms with Gasteiger partial charge in [0.2, 0.25) is 0 Å². The molecule has 0 saturated carbocycles. The highest BCUT2D eigenvalue weighted by Crippen LogP contribution is 2.13. The average Bonchev–Trinajstić information content (AvgIpc) is 2.55. The summed E-state index contributed by atoms with van der Waals surface area (Å²) in [6, 6.07) is 7.20. The monoisotopic (exact) mass is 318 g/mol. The fourth-order valence-corrected chi connectivity index (χ4v) is 2.00. The van der Waals surface area contributed by atoms with Crippen LogP contribution in [0, 0.1) is 5.92 Å². The molecule has 23 heavy (non-hydrogen) atoms. The van der Waals surface area contributed by atoms with Crippen molar-refractivity contribution in [3.63, 3.8) is 0 Å². The fourth-order valence-electron chi connectivity index (χ4n) is 2.00. The van der Waals surface area contributed by atoms with E-state index in [0.29, 0.717) is 18.1 Å². The summed E-state index contributed by atoms with van der Waals surface area (Å²) in [4.78, 5) is 12.1. The summed E-state index contributed by atoms with van der Waals surface area (Å²) in [5, 5.41) is 4.23. The van der Waals surface area contributed by atoms with Crippen LogP contribution in [-0.4, -0.2) is 18.2 Å². The molecule has 0 fully saturated rings. The summed E-state index contributed by atoms with van der Waals surface area (Å²) >= 11 is 0. The Balaban J connectivity index is 2.51. The molecule has 0 saturated heterocycles. The van der Waals surface area contributed by atoms with Crippen LogP contribution in [0.15, 0.2) is 29.4 Å². The highest BCUT2D eigenvalue weighted by molar-refractivity contribution is 5.95. The third-order valence-corrected chi connectivity index (χ3v) is 3.62. The molecule has 4 nitrogen and oxygen atoms in total. The van der Waals surface area contributed by atoms with Crippen LogP contribution < -0.4 is 10.2 Å². The molecule has 1 aromatic carbocycles. The SMILES string of the molecule is CCCC/C(CC)=N/NC(=O)c1ccc(OCCC(C)C)cc1. The molecule has 0 aliphatic carbocycles. The van der Waals surface area contributed by atoms with E-state index in [4.69, 9.17) is 4.74 Å². The van der Waals surface area contributed by atoms with Gasteiger partial charge in [0.05, 0.1) is 6.61 Å². The number of nitrogens with zero attached hydrogens (tertiary/aromatic N) is 1. The minimum absolute atomic E-state index is 0.179. The first-order valence-electron chi connectivity index (χ1n) is 8.65. The lowest BCUT2D eigenvalue weighted by molar-refractivity contribution is 0.0954. The summed E-state index contributed by atoms with van der Waals surface area (Å²) in [5.41, 5.74) is 4.27. The van der Waals surface area contributed by atoms with Gasteiger partial charge in [0.25, 0.3) is 5.91 Å². The number of carbonyl (C=O) groups is 1. The van der Waals surface area contributed by atoms with E-state index in [1.54, 1.807) is 12.1 Å². The number of carbonyl (C=O) groups excluding carboxylic acids is 1. The smallest absolute Gasteiger partial charge is 0.271 e. The van der Waals surface area contributed by atoms with Crippen molar-refractivity contribution < 1.29 is 9.53 Å². The van der Waals surface area contributed by atoms with Gasteiger partial charge in [-0.15, -0.1) is 0 Å². The maximum Gasteiger partial charge on any atom is 0.271 e. The molecule has 0 unspecified atom stereocenters. The second kappa shape index (κ2) is 10.8. The van der Waals surface area contributed by atoms with Gasteiger partial charge in [0.15, 0.2) is 0 Å². The van der Waals surface area contributed by atoms with E-state index in [2.05, 4.69) is 38.2 Å². The van der Waals surface area contributed by atoms with Gasteiger partial charge in [0, 0.05) is 11.3 Å². The van der Waals surface area contributed by atoms with Crippen LogP contribution in [0.25, 0.3) is 0 Å². The molecule has 0 aliphatic rings. The van der Waals surface area contributed by atoms with Crippen molar-refractivity contribution in [2.75, 3.05) is 6.61 Å². The quantitative estimate of drug-likeness (QED) is 0.498. The molecular formula is C19H30N2O2. The van der Waals surface area contributed by atoms with Gasteiger partial charge in [-0.2, -0.15) is 5.10 Å². The van der Waals surface area contributed by atoms with Crippen LogP contribution in [0.1, 0.15) is 70.2 Å². The molecule has 0 bridgehead atoms. The van der Waals surface area contributed by atoms with Gasteiger partial charge in [-0.1, -0.05) is 34.1 Å². The molecule has 128 valence electrons. The molecule has 0 aromatic heterocycles. The maximum absolute atomic E-state index is 12.1. The Morgan fingerprint density at radius 2 is 1.91 bits per heavy atom. The first-order valence-corrected chi connectivity index (χ1v) is 8.65. The summed E-state index contributed by atoms with van der Waals surface area (Å²) in [6.45, 7) is 9.25. The van der Waals surface area contributed by atoms with Gasteiger partial charge in [-0.05, 0) is 55.9 Å². The third kappa shape index (κ3) is 7.82. The van der Waals surface area contributed by atoms with Crippen LogP contribution >= 0.6 is 0 Å². The highest BCUT2D eigenvalue weighted by Gasteiger charge is 2.06. The number of unbranched alkanes of at least 4 members (excludes halogenated alkanes) is 1. The first-order chi connectivity index (χ1) is 11.1. The Labute approximate surface area is 140 Å². The van der Waals surface area contributed by atoms with E-state index in [1.807, 2.05) is 12.1 Å². The topological polar surface area (TPSA) is 50.7 Å². The zero-order valence-electron chi connectivity index (χ0n) is 14.9. The van der Waals surface area contributed by atoms with Crippen LogP contribution in [0.3, 0.4) is 0 Å². The molecule has 0 atom stereocenters. The fraction of sp³-hybridized carbons (Fsp3) is 0.579. The molecule has 1 amide bonds. The molecule has 0 aliphatic heterocycles. The lowest BCUT2D eigenvalue weighted by atomic mass is 10.1. The first kappa shape index (κ1) is 19.2. The molecule has 1 N–H and O–H groups in total. The molecule has 0 heterocycles. The molecule has 1 aromatic rings. The van der Waals surface area contributed by atoms with Crippen molar-refractivity contribution in [3.8, 4) is 5.75 Å². The minimum atomic E-state index is -0.179. The summed E-state index contributed by atoms with van der Waals surface area (Å²) in [6.07, 6.45) is 5.06. The molecule has 0 spiro atoms. The Bertz CT molecular complexity index is 493.